The molecule has 2 amide bonds. The van der Waals surface area contributed by atoms with E-state index in [2.05, 4.69) is 5.92 Å². The summed E-state index contributed by atoms with van der Waals surface area (Å²) in [7, 11) is 0. The average molecular weight is 219 g/mol. The summed E-state index contributed by atoms with van der Waals surface area (Å²) >= 11 is 0. The number of hydrogen-bond acceptors (Lipinski definition) is 2. The molecular weight excluding hydrogens is 202 g/mol. The van der Waals surface area contributed by atoms with Crippen molar-refractivity contribution in [2.45, 2.75) is 33.6 Å². The van der Waals surface area contributed by atoms with Crippen molar-refractivity contribution in [3.63, 3.8) is 0 Å². The lowest BCUT2D eigenvalue weighted by atomic mass is 9.62. The number of nitrogens with zero attached hydrogens (tertiary/aromatic N) is 1. The van der Waals surface area contributed by atoms with E-state index >= 15 is 0 Å². The summed E-state index contributed by atoms with van der Waals surface area (Å²) in [5, 5.41) is 0. The Morgan fingerprint density at radius 3 is 2.62 bits per heavy atom. The van der Waals surface area contributed by atoms with E-state index in [1.807, 2.05) is 20.8 Å². The Hall–Kier alpha value is -1.30. The first-order valence-corrected chi connectivity index (χ1v) is 5.65. The Kier molecular flexibility index (Phi) is 2.17. The Bertz CT molecular complexity index is 405. The third kappa shape index (κ3) is 1.05. The fourth-order valence-electron chi connectivity index (χ4n) is 3.14. The third-order valence-corrected chi connectivity index (χ3v) is 4.76. The fraction of sp³-hybridized carbons (Fsp3) is 0.692. The maximum absolute atomic E-state index is 12.3. The van der Waals surface area contributed by atoms with Gasteiger partial charge in [-0.3, -0.25) is 14.5 Å². The molecule has 0 N–H and O–H groups in total. The number of rotatable bonds is 1. The molecule has 0 aromatic heterocycles. The monoisotopic (exact) mass is 219 g/mol. The molecule has 1 saturated carbocycles. The Morgan fingerprint density at radius 1 is 1.44 bits per heavy atom. The Balaban J connectivity index is 2.47. The summed E-state index contributed by atoms with van der Waals surface area (Å²) in [6.07, 6.45) is 6.80. The first kappa shape index (κ1) is 11.2. The molecule has 0 aromatic carbocycles. The first-order chi connectivity index (χ1) is 7.36. The second-order valence-electron chi connectivity index (χ2n) is 5.58. The van der Waals surface area contributed by atoms with Crippen molar-refractivity contribution in [1.29, 1.82) is 0 Å². The minimum atomic E-state index is -0.428. The zero-order valence-electron chi connectivity index (χ0n) is 10.0. The molecular formula is C13H17NO2. The van der Waals surface area contributed by atoms with Crippen LogP contribution >= 0.6 is 0 Å². The molecule has 3 heteroatoms. The summed E-state index contributed by atoms with van der Waals surface area (Å²) < 4.78 is 0. The van der Waals surface area contributed by atoms with E-state index < -0.39 is 5.41 Å². The van der Waals surface area contributed by atoms with E-state index in [1.54, 1.807) is 0 Å². The molecule has 2 rings (SSSR count). The van der Waals surface area contributed by atoms with E-state index in [-0.39, 0.29) is 29.7 Å². The van der Waals surface area contributed by atoms with E-state index in [0.29, 0.717) is 0 Å². The number of terminal acetylenes is 1. The summed E-state index contributed by atoms with van der Waals surface area (Å²) in [6, 6.07) is 0. The maximum atomic E-state index is 12.3. The van der Waals surface area contributed by atoms with Crippen LogP contribution in [0.2, 0.25) is 0 Å². The molecule has 0 spiro atoms. The van der Waals surface area contributed by atoms with Gasteiger partial charge in [0.05, 0.1) is 12.0 Å². The third-order valence-electron chi connectivity index (χ3n) is 4.76. The van der Waals surface area contributed by atoms with Gasteiger partial charge < -0.3 is 0 Å². The smallest absolute Gasteiger partial charge is 0.236 e. The molecule has 1 heterocycles. The number of likely N-dealkylation sites (tertiary alicyclic amines) is 1. The van der Waals surface area contributed by atoms with Crippen molar-refractivity contribution >= 4 is 11.8 Å². The van der Waals surface area contributed by atoms with Gasteiger partial charge in [0.2, 0.25) is 11.8 Å². The highest BCUT2D eigenvalue weighted by atomic mass is 16.2. The van der Waals surface area contributed by atoms with Crippen LogP contribution in [0.1, 0.15) is 33.6 Å². The lowest BCUT2D eigenvalue weighted by Gasteiger charge is -2.47. The van der Waals surface area contributed by atoms with Crippen LogP contribution in [0.15, 0.2) is 0 Å². The van der Waals surface area contributed by atoms with Crippen LogP contribution in [0.4, 0.5) is 0 Å². The number of hydrogen-bond donors (Lipinski definition) is 0. The van der Waals surface area contributed by atoms with Gasteiger partial charge >= 0.3 is 0 Å². The number of amides is 2. The minimum Gasteiger partial charge on any atom is -0.274 e. The average Bonchev–Trinajstić information content (AvgIpc) is 2.40. The SMILES string of the molecule is C#CCN1C(=O)[C@H]2CC[C@@](C)(C1=O)C2(C)C. The van der Waals surface area contributed by atoms with Crippen LogP contribution in [0.3, 0.4) is 0 Å². The molecule has 2 atom stereocenters. The van der Waals surface area contributed by atoms with Gasteiger partial charge in [0.15, 0.2) is 0 Å². The summed E-state index contributed by atoms with van der Waals surface area (Å²) in [6.45, 7) is 6.12. The van der Waals surface area contributed by atoms with Gasteiger partial charge in [-0.15, -0.1) is 6.42 Å². The zero-order valence-corrected chi connectivity index (χ0v) is 10.0. The fourth-order valence-corrected chi connectivity index (χ4v) is 3.14. The van der Waals surface area contributed by atoms with E-state index in [9.17, 15) is 9.59 Å². The van der Waals surface area contributed by atoms with Crippen molar-refractivity contribution < 1.29 is 9.59 Å². The molecule has 0 aromatic rings. The normalized spacial score (nSPS) is 36.4. The Morgan fingerprint density at radius 2 is 2.06 bits per heavy atom. The van der Waals surface area contributed by atoms with Gasteiger partial charge in [-0.25, -0.2) is 0 Å². The lowest BCUT2D eigenvalue weighted by Crippen LogP contribution is -2.59. The van der Waals surface area contributed by atoms with Gasteiger partial charge in [0, 0.05) is 5.92 Å². The van der Waals surface area contributed by atoms with Crippen LogP contribution < -0.4 is 0 Å². The van der Waals surface area contributed by atoms with Crippen molar-refractivity contribution in [1.82, 2.24) is 4.90 Å². The summed E-state index contributed by atoms with van der Waals surface area (Å²) in [4.78, 5) is 25.7. The van der Waals surface area contributed by atoms with Gasteiger partial charge in [-0.05, 0) is 18.3 Å². The van der Waals surface area contributed by atoms with Crippen LogP contribution in [0.25, 0.3) is 0 Å². The number of imide groups is 1. The number of carbonyl (C=O) groups is 2. The van der Waals surface area contributed by atoms with E-state index in [1.165, 1.54) is 4.90 Å². The summed E-state index contributed by atoms with van der Waals surface area (Å²) in [5.74, 6) is 2.17. The van der Waals surface area contributed by atoms with Crippen molar-refractivity contribution in [2.24, 2.45) is 16.7 Å². The number of carbonyl (C=O) groups excluding carboxylic acids is 2. The summed E-state index contributed by atoms with van der Waals surface area (Å²) in [5.41, 5.74) is -0.672. The maximum Gasteiger partial charge on any atom is 0.236 e. The first-order valence-electron chi connectivity index (χ1n) is 5.65. The second kappa shape index (κ2) is 3.10. The predicted octanol–water partition coefficient (Wildman–Crippen LogP) is 1.43. The molecule has 86 valence electrons. The van der Waals surface area contributed by atoms with Crippen LogP contribution in [-0.4, -0.2) is 23.3 Å². The molecule has 1 aliphatic heterocycles. The van der Waals surface area contributed by atoms with E-state index in [4.69, 9.17) is 6.42 Å². The van der Waals surface area contributed by atoms with Gasteiger partial charge in [-0.2, -0.15) is 0 Å². The van der Waals surface area contributed by atoms with Gasteiger partial charge in [0.1, 0.15) is 0 Å². The molecule has 1 saturated heterocycles. The topological polar surface area (TPSA) is 37.4 Å². The van der Waals surface area contributed by atoms with Gasteiger partial charge in [0.25, 0.3) is 0 Å². The molecule has 1 aliphatic carbocycles. The van der Waals surface area contributed by atoms with Gasteiger partial charge in [-0.1, -0.05) is 26.7 Å². The molecule has 0 radical (unpaired) electrons. The van der Waals surface area contributed by atoms with Crippen molar-refractivity contribution in [3.05, 3.63) is 0 Å². The van der Waals surface area contributed by atoms with Crippen LogP contribution in [-0.2, 0) is 9.59 Å². The highest BCUT2D eigenvalue weighted by molar-refractivity contribution is 6.04. The highest BCUT2D eigenvalue weighted by Crippen LogP contribution is 2.59. The molecule has 2 aliphatic rings. The molecule has 16 heavy (non-hydrogen) atoms. The standard InChI is InChI=1S/C13H17NO2/c1-5-8-14-10(15)9-6-7-13(4,11(14)16)12(9,2)3/h1,9H,6-8H2,2-4H3/t9-,13+/m1/s1. The van der Waals surface area contributed by atoms with Crippen molar-refractivity contribution in [3.8, 4) is 12.3 Å². The number of fused-ring (bicyclic) bond motifs is 2. The lowest BCUT2D eigenvalue weighted by molar-refractivity contribution is -0.166. The van der Waals surface area contributed by atoms with E-state index in [0.717, 1.165) is 12.8 Å². The van der Waals surface area contributed by atoms with Crippen molar-refractivity contribution in [2.75, 3.05) is 6.54 Å². The van der Waals surface area contributed by atoms with Crippen LogP contribution in [0.5, 0.6) is 0 Å². The largest absolute Gasteiger partial charge is 0.274 e. The molecule has 2 fully saturated rings. The molecule has 0 unspecified atom stereocenters. The quantitative estimate of drug-likeness (QED) is 0.494. The molecule has 2 bridgehead atoms. The number of piperidine rings is 1. The second-order valence-corrected chi connectivity index (χ2v) is 5.58. The highest BCUT2D eigenvalue weighted by Gasteiger charge is 2.64. The predicted molar refractivity (Wildman–Crippen MR) is 60.2 cm³/mol. The minimum absolute atomic E-state index is 0.0523. The molecule has 3 nitrogen and oxygen atoms in total. The van der Waals surface area contributed by atoms with Crippen LogP contribution in [0, 0.1) is 29.1 Å². The zero-order chi connectivity index (χ0) is 12.1. The Labute approximate surface area is 96.2 Å².